The molecule has 2 fully saturated rings. The van der Waals surface area contributed by atoms with E-state index in [9.17, 15) is 5.11 Å². The van der Waals surface area contributed by atoms with Crippen LogP contribution >= 0.6 is 0 Å². The lowest BCUT2D eigenvalue weighted by Gasteiger charge is -2.40. The van der Waals surface area contributed by atoms with E-state index >= 15 is 0 Å². The first-order valence-electron chi connectivity index (χ1n) is 10.3. The molecule has 0 radical (unpaired) electrons. The lowest BCUT2D eigenvalue weighted by atomic mass is 9.95. The molecule has 5 rings (SSSR count). The molecule has 3 aliphatic rings. The summed E-state index contributed by atoms with van der Waals surface area (Å²) >= 11 is 0. The van der Waals surface area contributed by atoms with E-state index in [-0.39, 0.29) is 6.10 Å². The number of hydrogen-bond donors (Lipinski definition) is 1. The second-order valence-electron chi connectivity index (χ2n) is 8.31. The molecule has 0 aromatic heterocycles. The van der Waals surface area contributed by atoms with E-state index in [0.717, 1.165) is 38.5 Å². The molecule has 1 aliphatic carbocycles. The van der Waals surface area contributed by atoms with Gasteiger partial charge in [0.2, 0.25) is 0 Å². The van der Waals surface area contributed by atoms with Gasteiger partial charge in [0.1, 0.15) is 0 Å². The molecule has 140 valence electrons. The van der Waals surface area contributed by atoms with Crippen LogP contribution in [0, 0.1) is 5.92 Å². The molecule has 3 heteroatoms. The van der Waals surface area contributed by atoms with Crippen LogP contribution in [0.4, 0.5) is 5.69 Å². The van der Waals surface area contributed by atoms with Crippen molar-refractivity contribution in [3.63, 3.8) is 0 Å². The summed E-state index contributed by atoms with van der Waals surface area (Å²) in [4.78, 5) is 5.04. The molecule has 0 bridgehead atoms. The molecule has 2 heterocycles. The SMILES string of the molecule is O[C@H]1CCN(C[C@H](c2ccccc2)N2CC(C3CC3)=Cc3ccccc32)C1. The molecule has 1 N–H and O–H groups in total. The van der Waals surface area contributed by atoms with Gasteiger partial charge in [-0.1, -0.05) is 54.6 Å². The largest absolute Gasteiger partial charge is 0.392 e. The monoisotopic (exact) mass is 360 g/mol. The highest BCUT2D eigenvalue weighted by molar-refractivity contribution is 5.74. The zero-order valence-electron chi connectivity index (χ0n) is 15.8. The van der Waals surface area contributed by atoms with Gasteiger partial charge in [-0.05, 0) is 47.9 Å². The Balaban J connectivity index is 1.51. The molecule has 2 aliphatic heterocycles. The van der Waals surface area contributed by atoms with Gasteiger partial charge in [0, 0.05) is 31.9 Å². The van der Waals surface area contributed by atoms with Crippen molar-refractivity contribution in [1.82, 2.24) is 4.90 Å². The van der Waals surface area contributed by atoms with Gasteiger partial charge in [-0.2, -0.15) is 0 Å². The third-order valence-corrected chi connectivity index (χ3v) is 6.28. The first-order valence-corrected chi connectivity index (χ1v) is 10.3. The second-order valence-corrected chi connectivity index (χ2v) is 8.31. The van der Waals surface area contributed by atoms with Crippen molar-refractivity contribution >= 4 is 11.8 Å². The lowest BCUT2D eigenvalue weighted by Crippen LogP contribution is -2.40. The van der Waals surface area contributed by atoms with Crippen LogP contribution in [-0.4, -0.2) is 42.3 Å². The number of benzene rings is 2. The number of anilines is 1. The van der Waals surface area contributed by atoms with Gasteiger partial charge in [-0.3, -0.25) is 4.90 Å². The molecule has 0 amide bonds. The van der Waals surface area contributed by atoms with Crippen LogP contribution in [0.1, 0.15) is 36.4 Å². The fourth-order valence-corrected chi connectivity index (χ4v) is 4.66. The fraction of sp³-hybridized carbons (Fsp3) is 0.417. The molecule has 3 nitrogen and oxygen atoms in total. The van der Waals surface area contributed by atoms with Crippen LogP contribution in [0.25, 0.3) is 6.08 Å². The molecular formula is C24H28N2O. The summed E-state index contributed by atoms with van der Waals surface area (Å²) < 4.78 is 0. The molecular weight excluding hydrogens is 332 g/mol. The lowest BCUT2D eigenvalue weighted by molar-refractivity contribution is 0.174. The van der Waals surface area contributed by atoms with Crippen LogP contribution in [0.3, 0.4) is 0 Å². The Morgan fingerprint density at radius 2 is 1.74 bits per heavy atom. The number of nitrogens with zero attached hydrogens (tertiary/aromatic N) is 2. The molecule has 0 spiro atoms. The summed E-state index contributed by atoms with van der Waals surface area (Å²) in [5.41, 5.74) is 5.66. The minimum Gasteiger partial charge on any atom is -0.392 e. The second kappa shape index (κ2) is 7.14. The van der Waals surface area contributed by atoms with Crippen molar-refractivity contribution < 1.29 is 5.11 Å². The first kappa shape index (κ1) is 17.0. The van der Waals surface area contributed by atoms with Gasteiger partial charge in [0.05, 0.1) is 12.1 Å². The highest BCUT2D eigenvalue weighted by Gasteiger charge is 2.34. The molecule has 1 saturated heterocycles. The van der Waals surface area contributed by atoms with Gasteiger partial charge in [0.25, 0.3) is 0 Å². The Kier molecular flexibility index (Phi) is 4.50. The molecule has 2 aromatic rings. The van der Waals surface area contributed by atoms with E-state index in [1.54, 1.807) is 5.57 Å². The zero-order chi connectivity index (χ0) is 18.2. The maximum absolute atomic E-state index is 10.0. The normalized spacial score (nSPS) is 23.8. The van der Waals surface area contributed by atoms with Gasteiger partial charge >= 0.3 is 0 Å². The highest BCUT2D eigenvalue weighted by atomic mass is 16.3. The quantitative estimate of drug-likeness (QED) is 0.869. The number of aliphatic hydroxyl groups excluding tert-OH is 1. The fourth-order valence-electron chi connectivity index (χ4n) is 4.66. The van der Waals surface area contributed by atoms with Gasteiger partial charge in [-0.25, -0.2) is 0 Å². The van der Waals surface area contributed by atoms with Crippen LogP contribution in [0.15, 0.2) is 60.2 Å². The third kappa shape index (κ3) is 3.54. The highest BCUT2D eigenvalue weighted by Crippen LogP contribution is 2.44. The maximum Gasteiger partial charge on any atom is 0.0679 e. The van der Waals surface area contributed by atoms with Crippen molar-refractivity contribution in [2.24, 2.45) is 5.92 Å². The topological polar surface area (TPSA) is 26.7 Å². The number of likely N-dealkylation sites (tertiary alicyclic amines) is 1. The number of rotatable bonds is 5. The van der Waals surface area contributed by atoms with E-state index in [4.69, 9.17) is 0 Å². The summed E-state index contributed by atoms with van der Waals surface area (Å²) in [5, 5.41) is 10.0. The Bertz CT molecular complexity index is 827. The van der Waals surface area contributed by atoms with Gasteiger partial charge in [-0.15, -0.1) is 0 Å². The molecule has 2 atom stereocenters. The average Bonchev–Trinajstić information content (AvgIpc) is 3.48. The van der Waals surface area contributed by atoms with Crippen molar-refractivity contribution in [3.05, 3.63) is 71.3 Å². The average molecular weight is 361 g/mol. The van der Waals surface area contributed by atoms with Crippen LogP contribution in [0.2, 0.25) is 0 Å². The molecule has 27 heavy (non-hydrogen) atoms. The van der Waals surface area contributed by atoms with Crippen LogP contribution in [-0.2, 0) is 0 Å². The summed E-state index contributed by atoms with van der Waals surface area (Å²) in [6.45, 7) is 3.78. The third-order valence-electron chi connectivity index (χ3n) is 6.28. The summed E-state index contributed by atoms with van der Waals surface area (Å²) in [7, 11) is 0. The standard InChI is InChI=1S/C24H28N2O/c27-22-12-13-25(16-22)17-24(19-6-2-1-3-7-19)26-15-21(18-10-11-18)14-20-8-4-5-9-23(20)26/h1-9,14,18,22,24,27H,10-13,15-17H2/t22-,24+/m0/s1. The van der Waals surface area contributed by atoms with E-state index in [1.165, 1.54) is 29.7 Å². The van der Waals surface area contributed by atoms with Crippen LogP contribution < -0.4 is 4.90 Å². The predicted octanol–water partition coefficient (Wildman–Crippen LogP) is 4.11. The van der Waals surface area contributed by atoms with Crippen molar-refractivity contribution in [2.75, 3.05) is 31.1 Å². The number of hydrogen-bond acceptors (Lipinski definition) is 3. The summed E-state index contributed by atoms with van der Waals surface area (Å²) in [6.07, 6.45) is 5.85. The molecule has 2 aromatic carbocycles. The first-order chi connectivity index (χ1) is 13.3. The summed E-state index contributed by atoms with van der Waals surface area (Å²) in [6, 6.07) is 20.0. The molecule has 0 unspecified atom stereocenters. The Hall–Kier alpha value is -2.10. The number of fused-ring (bicyclic) bond motifs is 1. The minimum atomic E-state index is -0.169. The predicted molar refractivity (Wildman–Crippen MR) is 111 cm³/mol. The Morgan fingerprint density at radius 3 is 2.48 bits per heavy atom. The van der Waals surface area contributed by atoms with E-state index in [1.807, 2.05) is 0 Å². The van der Waals surface area contributed by atoms with E-state index in [0.29, 0.717) is 6.04 Å². The van der Waals surface area contributed by atoms with Crippen molar-refractivity contribution in [2.45, 2.75) is 31.4 Å². The number of β-amino-alcohol motifs (C(OH)–C–C–N with tert-alkyl or cyclic N) is 1. The molecule has 1 saturated carbocycles. The van der Waals surface area contributed by atoms with E-state index in [2.05, 4.69) is 70.5 Å². The smallest absolute Gasteiger partial charge is 0.0679 e. The van der Waals surface area contributed by atoms with Crippen molar-refractivity contribution in [3.8, 4) is 0 Å². The Morgan fingerprint density at radius 1 is 0.963 bits per heavy atom. The number of aliphatic hydroxyl groups is 1. The number of para-hydroxylation sites is 1. The Labute approximate surface area is 161 Å². The van der Waals surface area contributed by atoms with Gasteiger partial charge < -0.3 is 10.0 Å². The summed E-state index contributed by atoms with van der Waals surface area (Å²) in [5.74, 6) is 0.783. The zero-order valence-corrected chi connectivity index (χ0v) is 15.8. The maximum atomic E-state index is 10.0. The van der Waals surface area contributed by atoms with Crippen LogP contribution in [0.5, 0.6) is 0 Å². The van der Waals surface area contributed by atoms with Gasteiger partial charge in [0.15, 0.2) is 0 Å². The minimum absolute atomic E-state index is 0.169. The van der Waals surface area contributed by atoms with Crippen molar-refractivity contribution in [1.29, 1.82) is 0 Å². The van der Waals surface area contributed by atoms with E-state index < -0.39 is 0 Å².